The Hall–Kier alpha value is -1.10. The molecule has 1 aromatic rings. The van der Waals surface area contributed by atoms with E-state index in [0.717, 1.165) is 24.3 Å². The number of nitrogens with one attached hydrogen (secondary N) is 1. The highest BCUT2D eigenvalue weighted by Gasteiger charge is 2.32. The molecule has 1 aromatic carbocycles. The predicted molar refractivity (Wildman–Crippen MR) is 73.6 cm³/mol. The first-order valence-electron chi connectivity index (χ1n) is 6.49. The summed E-state index contributed by atoms with van der Waals surface area (Å²) in [7, 11) is 0. The van der Waals surface area contributed by atoms with Crippen LogP contribution in [0.2, 0.25) is 5.02 Å². The van der Waals surface area contributed by atoms with E-state index < -0.39 is 12.0 Å². The van der Waals surface area contributed by atoms with E-state index in [1.807, 2.05) is 24.3 Å². The Bertz CT molecular complexity index is 421. The number of halogens is 1. The molecule has 0 spiro atoms. The maximum atomic E-state index is 10.9. The van der Waals surface area contributed by atoms with Gasteiger partial charge in [0, 0.05) is 11.6 Å². The summed E-state index contributed by atoms with van der Waals surface area (Å²) >= 11 is 5.82. The zero-order valence-electron chi connectivity index (χ0n) is 10.6. The van der Waals surface area contributed by atoms with Crippen molar-refractivity contribution in [1.82, 2.24) is 5.32 Å². The molecule has 0 aliphatic carbocycles. The van der Waals surface area contributed by atoms with Gasteiger partial charge in [-0.3, -0.25) is 4.79 Å². The maximum absolute atomic E-state index is 10.9. The second-order valence-corrected chi connectivity index (χ2v) is 5.13. The van der Waals surface area contributed by atoms with E-state index in [2.05, 4.69) is 5.32 Å². The zero-order chi connectivity index (χ0) is 13.7. The Morgan fingerprint density at radius 3 is 2.84 bits per heavy atom. The number of rotatable bonds is 6. The van der Waals surface area contributed by atoms with E-state index in [0.29, 0.717) is 13.2 Å². The van der Waals surface area contributed by atoms with Crippen LogP contribution in [0.1, 0.15) is 18.4 Å². The van der Waals surface area contributed by atoms with Crippen molar-refractivity contribution in [3.8, 4) is 0 Å². The fraction of sp³-hybridized carbons (Fsp3) is 0.500. The number of aliphatic carboxylic acids is 1. The molecule has 104 valence electrons. The van der Waals surface area contributed by atoms with Gasteiger partial charge < -0.3 is 15.2 Å². The van der Waals surface area contributed by atoms with Gasteiger partial charge >= 0.3 is 5.97 Å². The standard InChI is InChI=1S/C14H18ClNO3/c15-11-5-3-10(4-6-11)2-1-9-19-12-7-8-16-13(12)14(17)18/h3-6,12-13,16H,1-2,7-9H2,(H,17,18)/t12?,13-/m0/s1. The van der Waals surface area contributed by atoms with Crippen molar-refractivity contribution in [3.63, 3.8) is 0 Å². The van der Waals surface area contributed by atoms with Crippen LogP contribution in [0.5, 0.6) is 0 Å². The lowest BCUT2D eigenvalue weighted by atomic mass is 10.1. The molecule has 0 amide bonds. The first kappa shape index (κ1) is 14.3. The Balaban J connectivity index is 1.69. The molecule has 0 bridgehead atoms. The van der Waals surface area contributed by atoms with Crippen LogP contribution in [0.3, 0.4) is 0 Å². The second-order valence-electron chi connectivity index (χ2n) is 4.70. The fourth-order valence-corrected chi connectivity index (χ4v) is 2.39. The van der Waals surface area contributed by atoms with Crippen molar-refractivity contribution in [2.24, 2.45) is 0 Å². The lowest BCUT2D eigenvalue weighted by Crippen LogP contribution is -2.39. The van der Waals surface area contributed by atoms with Gasteiger partial charge in [-0.05, 0) is 43.5 Å². The Labute approximate surface area is 117 Å². The fourth-order valence-electron chi connectivity index (χ4n) is 2.27. The average molecular weight is 284 g/mol. The van der Waals surface area contributed by atoms with Crippen LogP contribution in [0, 0.1) is 0 Å². The van der Waals surface area contributed by atoms with Gasteiger partial charge in [-0.1, -0.05) is 23.7 Å². The summed E-state index contributed by atoms with van der Waals surface area (Å²) in [5.74, 6) is -0.833. The first-order valence-corrected chi connectivity index (χ1v) is 6.87. The topological polar surface area (TPSA) is 58.6 Å². The number of hydrogen-bond acceptors (Lipinski definition) is 3. The second kappa shape index (κ2) is 6.89. The number of ether oxygens (including phenoxy) is 1. The molecule has 2 rings (SSSR count). The van der Waals surface area contributed by atoms with E-state index >= 15 is 0 Å². The summed E-state index contributed by atoms with van der Waals surface area (Å²) in [6, 6.07) is 7.19. The van der Waals surface area contributed by atoms with Gasteiger partial charge in [0.05, 0.1) is 6.10 Å². The summed E-state index contributed by atoms with van der Waals surface area (Å²) in [4.78, 5) is 10.9. The van der Waals surface area contributed by atoms with Gasteiger partial charge in [-0.25, -0.2) is 0 Å². The maximum Gasteiger partial charge on any atom is 0.323 e. The molecule has 1 fully saturated rings. The van der Waals surface area contributed by atoms with Crippen molar-refractivity contribution in [1.29, 1.82) is 0 Å². The van der Waals surface area contributed by atoms with E-state index in [1.54, 1.807) is 0 Å². The van der Waals surface area contributed by atoms with Crippen LogP contribution < -0.4 is 5.32 Å². The lowest BCUT2D eigenvalue weighted by Gasteiger charge is -2.16. The normalized spacial score (nSPS) is 22.6. The predicted octanol–water partition coefficient (Wildman–Crippen LogP) is 2.10. The third kappa shape index (κ3) is 4.20. The van der Waals surface area contributed by atoms with Crippen LogP contribution >= 0.6 is 11.6 Å². The molecule has 1 saturated heterocycles. The third-order valence-electron chi connectivity index (χ3n) is 3.29. The first-order chi connectivity index (χ1) is 9.16. The summed E-state index contributed by atoms with van der Waals surface area (Å²) in [5, 5.41) is 12.7. The highest BCUT2D eigenvalue weighted by atomic mass is 35.5. The number of benzene rings is 1. The molecule has 2 N–H and O–H groups in total. The SMILES string of the molecule is O=C(O)[C@H]1NCCC1OCCCc1ccc(Cl)cc1. The minimum atomic E-state index is -0.833. The van der Waals surface area contributed by atoms with Gasteiger partial charge in [0.25, 0.3) is 0 Å². The van der Waals surface area contributed by atoms with E-state index in [1.165, 1.54) is 5.56 Å². The summed E-state index contributed by atoms with van der Waals surface area (Å²) in [5.41, 5.74) is 1.22. The van der Waals surface area contributed by atoms with Crippen molar-refractivity contribution in [2.45, 2.75) is 31.4 Å². The molecule has 1 aliphatic rings. The molecule has 1 heterocycles. The van der Waals surface area contributed by atoms with Gasteiger partial charge in [0.15, 0.2) is 0 Å². The number of carbonyl (C=O) groups is 1. The number of carboxylic acid groups (broad SMARTS) is 1. The van der Waals surface area contributed by atoms with Crippen molar-refractivity contribution in [3.05, 3.63) is 34.9 Å². The molecule has 0 radical (unpaired) electrons. The number of aryl methyl sites for hydroxylation is 1. The molecule has 5 heteroatoms. The third-order valence-corrected chi connectivity index (χ3v) is 3.54. The van der Waals surface area contributed by atoms with Crippen LogP contribution in [0.15, 0.2) is 24.3 Å². The Morgan fingerprint density at radius 1 is 1.42 bits per heavy atom. The molecule has 1 unspecified atom stereocenters. The van der Waals surface area contributed by atoms with Crippen molar-refractivity contribution < 1.29 is 14.6 Å². The molecule has 4 nitrogen and oxygen atoms in total. The number of hydrogen-bond donors (Lipinski definition) is 2. The highest BCUT2D eigenvalue weighted by Crippen LogP contribution is 2.14. The minimum Gasteiger partial charge on any atom is -0.480 e. The molecule has 0 saturated carbocycles. The molecule has 1 aliphatic heterocycles. The summed E-state index contributed by atoms with van der Waals surface area (Å²) in [6.07, 6.45) is 2.35. The summed E-state index contributed by atoms with van der Waals surface area (Å²) < 4.78 is 5.65. The Kier molecular flexibility index (Phi) is 5.19. The minimum absolute atomic E-state index is 0.206. The van der Waals surface area contributed by atoms with E-state index in [9.17, 15) is 4.79 Å². The monoisotopic (exact) mass is 283 g/mol. The molecule has 2 atom stereocenters. The molecule has 19 heavy (non-hydrogen) atoms. The largest absolute Gasteiger partial charge is 0.480 e. The van der Waals surface area contributed by atoms with Crippen LogP contribution in [-0.2, 0) is 16.0 Å². The van der Waals surface area contributed by atoms with E-state index in [-0.39, 0.29) is 6.10 Å². The zero-order valence-corrected chi connectivity index (χ0v) is 11.4. The van der Waals surface area contributed by atoms with Crippen molar-refractivity contribution in [2.75, 3.05) is 13.2 Å². The van der Waals surface area contributed by atoms with Crippen molar-refractivity contribution >= 4 is 17.6 Å². The van der Waals surface area contributed by atoms with E-state index in [4.69, 9.17) is 21.4 Å². The van der Waals surface area contributed by atoms with Gasteiger partial charge in [-0.15, -0.1) is 0 Å². The van der Waals surface area contributed by atoms with Crippen LogP contribution in [-0.4, -0.2) is 36.4 Å². The van der Waals surface area contributed by atoms with Crippen LogP contribution in [0.25, 0.3) is 0 Å². The smallest absolute Gasteiger partial charge is 0.323 e. The highest BCUT2D eigenvalue weighted by molar-refractivity contribution is 6.30. The van der Waals surface area contributed by atoms with Gasteiger partial charge in [0.1, 0.15) is 6.04 Å². The molecular formula is C14H18ClNO3. The Morgan fingerprint density at radius 2 is 2.16 bits per heavy atom. The van der Waals surface area contributed by atoms with Gasteiger partial charge in [0.2, 0.25) is 0 Å². The quantitative estimate of drug-likeness (QED) is 0.785. The average Bonchev–Trinajstić information content (AvgIpc) is 2.85. The van der Waals surface area contributed by atoms with Crippen LogP contribution in [0.4, 0.5) is 0 Å². The molecule has 0 aromatic heterocycles. The van der Waals surface area contributed by atoms with Gasteiger partial charge in [-0.2, -0.15) is 0 Å². The molecular weight excluding hydrogens is 266 g/mol. The summed E-state index contributed by atoms with van der Waals surface area (Å²) in [6.45, 7) is 1.29. The number of carboxylic acids is 1. The lowest BCUT2D eigenvalue weighted by molar-refractivity contribution is -0.142.